The van der Waals surface area contributed by atoms with Gasteiger partial charge < -0.3 is 0 Å². The normalized spacial score (nSPS) is 9.88. The van der Waals surface area contributed by atoms with Crippen LogP contribution >= 0.6 is 0 Å². The van der Waals surface area contributed by atoms with Crippen LogP contribution < -0.4 is 0 Å². The number of benzene rings is 2. The van der Waals surface area contributed by atoms with Gasteiger partial charge in [-0.1, -0.05) is 49.4 Å². The molecule has 0 aliphatic heterocycles. The molecule has 0 N–H and O–H groups in total. The van der Waals surface area contributed by atoms with Crippen molar-refractivity contribution in [2.75, 3.05) is 0 Å². The van der Waals surface area contributed by atoms with E-state index in [4.69, 9.17) is 5.26 Å². The van der Waals surface area contributed by atoms with Gasteiger partial charge in [0.05, 0.1) is 12.5 Å². The Morgan fingerprint density at radius 3 is 2.47 bits per heavy atom. The Bertz CT molecular complexity index is 535. The second kappa shape index (κ2) is 5.32. The molecule has 1 nitrogen and oxygen atoms in total. The van der Waals surface area contributed by atoms with E-state index in [-0.39, 0.29) is 0 Å². The maximum absolute atomic E-state index is 8.76. The van der Waals surface area contributed by atoms with Gasteiger partial charge in [0.1, 0.15) is 0 Å². The second-order valence-corrected chi connectivity index (χ2v) is 4.05. The fraction of sp³-hybridized carbons (Fsp3) is 0.188. The lowest BCUT2D eigenvalue weighted by molar-refractivity contribution is 1.13. The molecule has 0 aliphatic rings. The highest BCUT2D eigenvalue weighted by molar-refractivity contribution is 5.68. The molecular formula is C16H15N. The topological polar surface area (TPSA) is 23.8 Å². The average Bonchev–Trinajstić information content (AvgIpc) is 2.40. The zero-order valence-corrected chi connectivity index (χ0v) is 9.98. The fourth-order valence-electron chi connectivity index (χ4n) is 2.02. The van der Waals surface area contributed by atoms with E-state index >= 15 is 0 Å². The highest BCUT2D eigenvalue weighted by atomic mass is 14.2. The van der Waals surface area contributed by atoms with E-state index in [0.29, 0.717) is 6.42 Å². The molecule has 0 spiro atoms. The summed E-state index contributed by atoms with van der Waals surface area (Å²) in [5.74, 6) is 0. The standard InChI is InChI=1S/C16H15N/c1-2-14-9-8-13(10-11-17)12-16(14)15-6-4-3-5-7-15/h3-9,12H,2,10H2,1H3. The van der Waals surface area contributed by atoms with Gasteiger partial charge in [-0.3, -0.25) is 0 Å². The van der Waals surface area contributed by atoms with Gasteiger partial charge in [0.25, 0.3) is 0 Å². The molecule has 17 heavy (non-hydrogen) atoms. The lowest BCUT2D eigenvalue weighted by Gasteiger charge is -2.09. The van der Waals surface area contributed by atoms with Crippen molar-refractivity contribution < 1.29 is 0 Å². The predicted molar refractivity (Wildman–Crippen MR) is 70.6 cm³/mol. The molecule has 0 aliphatic carbocycles. The van der Waals surface area contributed by atoms with Crippen molar-refractivity contribution in [2.45, 2.75) is 19.8 Å². The fourth-order valence-corrected chi connectivity index (χ4v) is 2.02. The number of rotatable bonds is 3. The van der Waals surface area contributed by atoms with Crippen LogP contribution in [-0.4, -0.2) is 0 Å². The third-order valence-corrected chi connectivity index (χ3v) is 2.92. The molecule has 0 saturated heterocycles. The first-order valence-corrected chi connectivity index (χ1v) is 5.89. The maximum atomic E-state index is 8.76. The van der Waals surface area contributed by atoms with Gasteiger partial charge in [-0.2, -0.15) is 5.26 Å². The van der Waals surface area contributed by atoms with E-state index < -0.39 is 0 Å². The molecule has 2 rings (SSSR count). The smallest absolute Gasteiger partial charge is 0.0669 e. The summed E-state index contributed by atoms with van der Waals surface area (Å²) in [6.07, 6.45) is 1.49. The van der Waals surface area contributed by atoms with Crippen molar-refractivity contribution in [3.05, 3.63) is 59.7 Å². The minimum Gasteiger partial charge on any atom is -0.198 e. The summed E-state index contributed by atoms with van der Waals surface area (Å²) in [5.41, 5.74) is 4.89. The first kappa shape index (κ1) is 11.4. The summed E-state index contributed by atoms with van der Waals surface area (Å²) in [7, 11) is 0. The van der Waals surface area contributed by atoms with Crippen molar-refractivity contribution >= 4 is 0 Å². The number of hydrogen-bond donors (Lipinski definition) is 0. The molecule has 0 heterocycles. The number of nitriles is 1. The van der Waals surface area contributed by atoms with Crippen molar-refractivity contribution in [3.63, 3.8) is 0 Å². The van der Waals surface area contributed by atoms with Gasteiger partial charge in [-0.15, -0.1) is 0 Å². The van der Waals surface area contributed by atoms with Crippen LogP contribution in [0.5, 0.6) is 0 Å². The Kier molecular flexibility index (Phi) is 3.57. The van der Waals surface area contributed by atoms with Crippen LogP contribution in [0, 0.1) is 11.3 Å². The zero-order chi connectivity index (χ0) is 12.1. The third-order valence-electron chi connectivity index (χ3n) is 2.92. The van der Waals surface area contributed by atoms with Gasteiger partial charge in [0.2, 0.25) is 0 Å². The summed E-state index contributed by atoms with van der Waals surface area (Å²) in [4.78, 5) is 0. The summed E-state index contributed by atoms with van der Waals surface area (Å²) in [6, 6.07) is 18.9. The van der Waals surface area contributed by atoms with Gasteiger partial charge in [0, 0.05) is 0 Å². The second-order valence-electron chi connectivity index (χ2n) is 4.05. The van der Waals surface area contributed by atoms with Crippen LogP contribution in [0.15, 0.2) is 48.5 Å². The van der Waals surface area contributed by atoms with Crippen molar-refractivity contribution in [3.8, 4) is 17.2 Å². The molecular weight excluding hydrogens is 206 g/mol. The molecule has 0 unspecified atom stereocenters. The number of aryl methyl sites for hydroxylation is 1. The number of nitrogens with zero attached hydrogens (tertiary/aromatic N) is 1. The molecule has 0 bridgehead atoms. The Morgan fingerprint density at radius 1 is 1.06 bits per heavy atom. The van der Waals surface area contributed by atoms with E-state index in [2.05, 4.69) is 43.3 Å². The van der Waals surface area contributed by atoms with Crippen LogP contribution in [0.1, 0.15) is 18.1 Å². The summed E-state index contributed by atoms with van der Waals surface area (Å²) in [6.45, 7) is 2.16. The molecule has 0 aromatic heterocycles. The SMILES string of the molecule is CCc1ccc(CC#N)cc1-c1ccccc1. The Balaban J connectivity index is 2.51. The molecule has 84 valence electrons. The van der Waals surface area contributed by atoms with Crippen LogP contribution in [-0.2, 0) is 12.8 Å². The maximum Gasteiger partial charge on any atom is 0.0669 e. The molecule has 2 aromatic carbocycles. The van der Waals surface area contributed by atoms with Gasteiger partial charge in [0.15, 0.2) is 0 Å². The molecule has 0 amide bonds. The lowest BCUT2D eigenvalue weighted by atomic mass is 9.95. The summed E-state index contributed by atoms with van der Waals surface area (Å²) >= 11 is 0. The van der Waals surface area contributed by atoms with Crippen LogP contribution in [0.3, 0.4) is 0 Å². The Morgan fingerprint density at radius 2 is 1.82 bits per heavy atom. The minimum absolute atomic E-state index is 0.476. The molecule has 1 heteroatoms. The summed E-state index contributed by atoms with van der Waals surface area (Å²) < 4.78 is 0. The molecule has 0 fully saturated rings. The molecule has 0 atom stereocenters. The quantitative estimate of drug-likeness (QED) is 0.769. The first-order chi connectivity index (χ1) is 8.35. The van der Waals surface area contributed by atoms with Gasteiger partial charge in [-0.05, 0) is 34.7 Å². The molecule has 0 radical (unpaired) electrons. The van der Waals surface area contributed by atoms with Crippen molar-refractivity contribution in [1.29, 1.82) is 5.26 Å². The zero-order valence-electron chi connectivity index (χ0n) is 9.98. The lowest BCUT2D eigenvalue weighted by Crippen LogP contribution is -1.91. The van der Waals surface area contributed by atoms with Crippen LogP contribution in [0.4, 0.5) is 0 Å². The average molecular weight is 221 g/mol. The van der Waals surface area contributed by atoms with Gasteiger partial charge >= 0.3 is 0 Å². The molecule has 2 aromatic rings. The van der Waals surface area contributed by atoms with Crippen molar-refractivity contribution in [2.24, 2.45) is 0 Å². The Hall–Kier alpha value is -2.07. The first-order valence-electron chi connectivity index (χ1n) is 5.89. The van der Waals surface area contributed by atoms with E-state index in [0.717, 1.165) is 12.0 Å². The highest BCUT2D eigenvalue weighted by Crippen LogP contribution is 2.25. The predicted octanol–water partition coefficient (Wildman–Crippen LogP) is 3.98. The van der Waals surface area contributed by atoms with E-state index in [1.807, 2.05) is 18.2 Å². The largest absolute Gasteiger partial charge is 0.198 e. The van der Waals surface area contributed by atoms with Crippen LogP contribution in [0.2, 0.25) is 0 Å². The van der Waals surface area contributed by atoms with E-state index in [9.17, 15) is 0 Å². The third kappa shape index (κ3) is 2.54. The Labute approximate surface area is 102 Å². The highest BCUT2D eigenvalue weighted by Gasteiger charge is 2.04. The monoisotopic (exact) mass is 221 g/mol. The van der Waals surface area contributed by atoms with E-state index in [1.54, 1.807) is 0 Å². The minimum atomic E-state index is 0.476. The molecule has 0 saturated carbocycles. The number of hydrogen-bond acceptors (Lipinski definition) is 1. The van der Waals surface area contributed by atoms with Gasteiger partial charge in [-0.25, -0.2) is 0 Å². The summed E-state index contributed by atoms with van der Waals surface area (Å²) in [5, 5.41) is 8.76. The van der Waals surface area contributed by atoms with Crippen LogP contribution in [0.25, 0.3) is 11.1 Å². The van der Waals surface area contributed by atoms with Crippen molar-refractivity contribution in [1.82, 2.24) is 0 Å². The van der Waals surface area contributed by atoms with E-state index in [1.165, 1.54) is 16.7 Å².